The molecule has 0 aliphatic carbocycles. The van der Waals surface area contributed by atoms with Crippen molar-refractivity contribution in [2.45, 2.75) is 6.92 Å². The maximum absolute atomic E-state index is 10.7. The smallest absolute Gasteiger partial charge is 0.412 e. The standard InChI is InChI=1S/C7H6N3O2S/c1-2-12-7(11)10-6(13)5(3-8)4-9/h2H2,1H3,(H,10,11,13)/q-1. The van der Waals surface area contributed by atoms with E-state index in [1.54, 1.807) is 18.9 Å². The highest BCUT2D eigenvalue weighted by atomic mass is 32.1. The topological polar surface area (TPSA) is 84.4 Å². The molecule has 1 N–H and O–H groups in total. The van der Waals surface area contributed by atoms with Crippen molar-refractivity contribution in [1.29, 1.82) is 5.26 Å². The fourth-order valence-corrected chi connectivity index (χ4v) is 0.624. The molecule has 6 heteroatoms. The van der Waals surface area contributed by atoms with E-state index >= 15 is 0 Å². The normalized spacial score (nSPS) is 7.69. The van der Waals surface area contributed by atoms with E-state index in [9.17, 15) is 4.79 Å². The van der Waals surface area contributed by atoms with Crippen molar-refractivity contribution in [2.75, 3.05) is 6.61 Å². The van der Waals surface area contributed by atoms with Gasteiger partial charge in [0.2, 0.25) is 0 Å². The third kappa shape index (κ3) is 4.01. The van der Waals surface area contributed by atoms with Crippen molar-refractivity contribution in [2.24, 2.45) is 0 Å². The molecule has 13 heavy (non-hydrogen) atoms. The number of hydrogen-bond acceptors (Lipinski definition) is 4. The van der Waals surface area contributed by atoms with E-state index in [1.807, 2.05) is 0 Å². The number of alkyl carbamates (subject to hydrolysis) is 1. The number of nitriles is 1. The number of thiocarbonyl (C=S) groups is 1. The van der Waals surface area contributed by atoms with Gasteiger partial charge in [0.05, 0.1) is 6.61 Å². The molecule has 1 amide bonds. The Balaban J connectivity index is 4.25. The highest BCUT2D eigenvalue weighted by Crippen LogP contribution is 1.89. The summed E-state index contributed by atoms with van der Waals surface area (Å²) in [5.74, 6) is 1.54. The fourth-order valence-electron chi connectivity index (χ4n) is 0.449. The molecular formula is C7H6N3O2S-. The average molecular weight is 196 g/mol. The molecule has 5 nitrogen and oxygen atoms in total. The monoisotopic (exact) mass is 196 g/mol. The van der Waals surface area contributed by atoms with Crippen LogP contribution in [0.25, 0.3) is 5.41 Å². The highest BCUT2D eigenvalue weighted by molar-refractivity contribution is 7.80. The molecule has 0 aromatic heterocycles. The zero-order valence-electron chi connectivity index (χ0n) is 6.83. The van der Waals surface area contributed by atoms with Gasteiger partial charge in [0.15, 0.2) is 0 Å². The van der Waals surface area contributed by atoms with Crippen LogP contribution in [-0.4, -0.2) is 23.6 Å². The van der Waals surface area contributed by atoms with Gasteiger partial charge in [-0.1, -0.05) is 12.2 Å². The number of hydrogen-bond donors (Lipinski definition) is 1. The Hall–Kier alpha value is -1.70. The van der Waals surface area contributed by atoms with Crippen molar-refractivity contribution >= 4 is 29.2 Å². The van der Waals surface area contributed by atoms with E-state index in [4.69, 9.17) is 10.7 Å². The predicted molar refractivity (Wildman–Crippen MR) is 50.2 cm³/mol. The first-order valence-electron chi connectivity index (χ1n) is 3.31. The number of rotatable bonds is 2. The molecule has 0 atom stereocenters. The predicted octanol–water partition coefficient (Wildman–Crippen LogP) is 0.749. The van der Waals surface area contributed by atoms with Crippen molar-refractivity contribution in [3.05, 3.63) is 11.0 Å². The lowest BCUT2D eigenvalue weighted by Gasteiger charge is -2.04. The Kier molecular flexibility index (Phi) is 5.12. The second-order valence-corrected chi connectivity index (χ2v) is 2.18. The van der Waals surface area contributed by atoms with Gasteiger partial charge in [-0.2, -0.15) is 5.26 Å². The lowest BCUT2D eigenvalue weighted by Crippen LogP contribution is -2.30. The van der Waals surface area contributed by atoms with Crippen LogP contribution < -0.4 is 5.32 Å². The number of amides is 1. The summed E-state index contributed by atoms with van der Waals surface area (Å²) in [5, 5.41) is 18.8. The third-order valence-corrected chi connectivity index (χ3v) is 1.25. The van der Waals surface area contributed by atoms with E-state index in [0.717, 1.165) is 0 Å². The van der Waals surface area contributed by atoms with Crippen LogP contribution in [0.1, 0.15) is 6.92 Å². The molecule has 0 aromatic carbocycles. The van der Waals surface area contributed by atoms with Gasteiger partial charge in [0, 0.05) is 0 Å². The van der Waals surface area contributed by atoms with E-state index in [2.05, 4.69) is 22.3 Å². The second-order valence-electron chi connectivity index (χ2n) is 1.77. The van der Waals surface area contributed by atoms with Crippen molar-refractivity contribution < 1.29 is 9.53 Å². The SMILES string of the molecule is CCOC(=O)NC(=S)C(=C=[N-])C#N. The second kappa shape index (κ2) is 5.89. The molecule has 0 bridgehead atoms. The molecular weight excluding hydrogens is 190 g/mol. The summed E-state index contributed by atoms with van der Waals surface area (Å²) in [6.07, 6.45) is -0.768. The zero-order valence-corrected chi connectivity index (χ0v) is 7.64. The highest BCUT2D eigenvalue weighted by Gasteiger charge is 2.06. The summed E-state index contributed by atoms with van der Waals surface area (Å²) < 4.78 is 4.48. The molecule has 0 fully saturated rings. The first-order chi connectivity index (χ1) is 6.15. The minimum Gasteiger partial charge on any atom is -0.762 e. The summed E-state index contributed by atoms with van der Waals surface area (Å²) in [5.41, 5.74) is -0.317. The van der Waals surface area contributed by atoms with Crippen LogP contribution in [0, 0.1) is 11.3 Å². The lowest BCUT2D eigenvalue weighted by atomic mass is 10.3. The van der Waals surface area contributed by atoms with E-state index < -0.39 is 6.09 Å². The van der Waals surface area contributed by atoms with Crippen LogP contribution in [0.5, 0.6) is 0 Å². The Morgan fingerprint density at radius 2 is 2.38 bits per heavy atom. The minimum absolute atomic E-state index is 0.197. The largest absolute Gasteiger partial charge is 0.762 e. The van der Waals surface area contributed by atoms with Gasteiger partial charge >= 0.3 is 6.09 Å². The molecule has 0 aromatic rings. The van der Waals surface area contributed by atoms with Gasteiger partial charge in [-0.3, -0.25) is 5.32 Å². The summed E-state index contributed by atoms with van der Waals surface area (Å²) >= 11 is 4.57. The number of carbonyl (C=O) groups is 1. The van der Waals surface area contributed by atoms with Gasteiger partial charge in [0.25, 0.3) is 0 Å². The van der Waals surface area contributed by atoms with Crippen LogP contribution >= 0.6 is 12.2 Å². The van der Waals surface area contributed by atoms with E-state index in [0.29, 0.717) is 0 Å². The van der Waals surface area contributed by atoms with Crippen molar-refractivity contribution in [3.8, 4) is 6.07 Å². The molecule has 0 aliphatic rings. The molecule has 0 spiro atoms. The van der Waals surface area contributed by atoms with Gasteiger partial charge in [-0.05, 0) is 6.92 Å². The van der Waals surface area contributed by atoms with Crippen molar-refractivity contribution in [1.82, 2.24) is 5.32 Å². The molecule has 68 valence electrons. The molecule has 0 unspecified atom stereocenters. The van der Waals surface area contributed by atoms with Gasteiger partial charge in [0.1, 0.15) is 16.6 Å². The molecule has 0 aliphatic heterocycles. The fraction of sp³-hybridized carbons (Fsp3) is 0.286. The number of nitrogens with one attached hydrogen (secondary N) is 1. The van der Waals surface area contributed by atoms with Crippen LogP contribution in [-0.2, 0) is 4.74 Å². The maximum atomic E-state index is 10.7. The summed E-state index contributed by atoms with van der Waals surface area (Å²) in [6.45, 7) is 1.82. The first kappa shape index (κ1) is 11.3. The van der Waals surface area contributed by atoms with Crippen LogP contribution in [0.3, 0.4) is 0 Å². The number of ether oxygens (including phenoxy) is 1. The van der Waals surface area contributed by atoms with Gasteiger partial charge < -0.3 is 10.1 Å². The van der Waals surface area contributed by atoms with Gasteiger partial charge in [-0.25, -0.2) is 10.7 Å². The number of nitrogens with zero attached hydrogens (tertiary/aromatic N) is 2. The molecule has 0 rings (SSSR count). The quantitative estimate of drug-likeness (QED) is 0.305. The zero-order chi connectivity index (χ0) is 10.3. The van der Waals surface area contributed by atoms with Crippen LogP contribution in [0.2, 0.25) is 0 Å². The summed E-state index contributed by atoms with van der Waals surface area (Å²) in [4.78, 5) is 10.5. The summed E-state index contributed by atoms with van der Waals surface area (Å²) in [7, 11) is 0. The summed E-state index contributed by atoms with van der Waals surface area (Å²) in [6, 6.07) is 1.54. The molecule has 0 saturated heterocycles. The number of carbonyl (C=O) groups excluding carboxylic acids is 1. The maximum Gasteiger partial charge on any atom is 0.412 e. The lowest BCUT2D eigenvalue weighted by molar-refractivity contribution is 0.158. The van der Waals surface area contributed by atoms with Crippen molar-refractivity contribution in [3.63, 3.8) is 0 Å². The van der Waals surface area contributed by atoms with E-state index in [1.165, 1.54) is 0 Å². The average Bonchev–Trinajstić information content (AvgIpc) is 2.06. The van der Waals surface area contributed by atoms with Gasteiger partial charge in [-0.15, -0.1) is 0 Å². The molecule has 0 heterocycles. The van der Waals surface area contributed by atoms with Crippen LogP contribution in [0.4, 0.5) is 4.79 Å². The molecule has 0 radical (unpaired) electrons. The Morgan fingerprint density at radius 3 is 2.77 bits per heavy atom. The Bertz CT molecular complexity index is 312. The minimum atomic E-state index is -0.768. The Morgan fingerprint density at radius 1 is 1.77 bits per heavy atom. The Labute approximate surface area is 80.5 Å². The van der Waals surface area contributed by atoms with E-state index in [-0.39, 0.29) is 17.2 Å². The van der Waals surface area contributed by atoms with Crippen LogP contribution in [0.15, 0.2) is 5.57 Å². The first-order valence-corrected chi connectivity index (χ1v) is 3.71. The third-order valence-electron chi connectivity index (χ3n) is 0.942. The molecule has 0 saturated carbocycles.